The van der Waals surface area contributed by atoms with E-state index in [0.29, 0.717) is 51.2 Å². The number of rotatable bonds is 10. The van der Waals surface area contributed by atoms with Gasteiger partial charge in [0, 0.05) is 0 Å². The van der Waals surface area contributed by atoms with E-state index in [1.54, 1.807) is 0 Å². The first kappa shape index (κ1) is 39.3. The van der Waals surface area contributed by atoms with Crippen molar-refractivity contribution in [2.24, 2.45) is 68.3 Å². The molecule has 18 atom stereocenters. The summed E-state index contributed by atoms with van der Waals surface area (Å²) in [4.78, 5) is 0. The lowest BCUT2D eigenvalue weighted by Gasteiger charge is -2.73. The second-order valence-electron chi connectivity index (χ2n) is 20.4. The topological polar surface area (TPSA) is 177 Å². The Bertz CT molecular complexity index is 1220. The monoisotopic (exact) mass is 708 g/mol. The maximum atomic E-state index is 10.9. The molecule has 6 rings (SSSR count). The van der Waals surface area contributed by atoms with Crippen LogP contribution in [0, 0.1) is 62.6 Å². The fourth-order valence-corrected chi connectivity index (χ4v) is 15.0. The van der Waals surface area contributed by atoms with Crippen molar-refractivity contribution in [3.8, 4) is 0 Å². The highest BCUT2D eigenvalue weighted by atomic mass is 16.5. The first-order valence-electron chi connectivity index (χ1n) is 20.3. The van der Waals surface area contributed by atoms with Crippen molar-refractivity contribution in [3.05, 3.63) is 0 Å². The van der Waals surface area contributed by atoms with E-state index >= 15 is 0 Å². The SMILES string of the molecule is C[C@@H](CC[C@@H](O)C(O)[C@@H](O)COC1C(N)[C@@H](O)C(O)[C@@]1(O)CO)C1CC[C@@]2(C)C1CC[C@]1(C)C2CCC2[C@@]3(C)CCCC(C)(C)C3CC[C@]21C. The zero-order valence-corrected chi connectivity index (χ0v) is 32.2. The van der Waals surface area contributed by atoms with Crippen LogP contribution in [0.25, 0.3) is 0 Å². The van der Waals surface area contributed by atoms with Gasteiger partial charge >= 0.3 is 0 Å². The number of hydrogen-bond donors (Lipinski definition) is 8. The van der Waals surface area contributed by atoms with Gasteiger partial charge in [0.05, 0.1) is 25.4 Å². The molecular weight excluding hydrogens is 634 g/mol. The summed E-state index contributed by atoms with van der Waals surface area (Å²) in [5.74, 6) is 4.03. The zero-order valence-electron chi connectivity index (χ0n) is 32.2. The molecule has 6 saturated carbocycles. The molecule has 0 radical (unpaired) electrons. The summed E-state index contributed by atoms with van der Waals surface area (Å²) in [6.45, 7) is 16.8. The summed E-state index contributed by atoms with van der Waals surface area (Å²) in [6.07, 6.45) is 7.11. The molecule has 9 heteroatoms. The minimum atomic E-state index is -2.20. The minimum Gasteiger partial charge on any atom is -0.393 e. The predicted molar refractivity (Wildman–Crippen MR) is 193 cm³/mol. The van der Waals surface area contributed by atoms with Gasteiger partial charge in [-0.3, -0.25) is 0 Å². The van der Waals surface area contributed by atoms with E-state index in [1.807, 2.05) is 0 Å². The Balaban J connectivity index is 1.06. The van der Waals surface area contributed by atoms with E-state index in [0.717, 1.165) is 24.2 Å². The Hall–Kier alpha value is -0.360. The van der Waals surface area contributed by atoms with Crippen molar-refractivity contribution in [2.75, 3.05) is 13.2 Å². The average molecular weight is 708 g/mol. The van der Waals surface area contributed by atoms with Crippen molar-refractivity contribution in [2.45, 2.75) is 180 Å². The largest absolute Gasteiger partial charge is 0.393 e. The third-order valence-corrected chi connectivity index (χ3v) is 18.0. The summed E-state index contributed by atoms with van der Waals surface area (Å²) >= 11 is 0. The summed E-state index contributed by atoms with van der Waals surface area (Å²) in [5.41, 5.74) is 5.67. The Morgan fingerprint density at radius 2 is 1.36 bits per heavy atom. The number of hydrogen-bond acceptors (Lipinski definition) is 9. The van der Waals surface area contributed by atoms with Gasteiger partial charge in [-0.25, -0.2) is 0 Å². The van der Waals surface area contributed by atoms with Crippen LogP contribution in [0.5, 0.6) is 0 Å². The highest BCUT2D eigenvalue weighted by Gasteiger charge is 2.70. The van der Waals surface area contributed by atoms with Crippen LogP contribution < -0.4 is 5.73 Å². The van der Waals surface area contributed by atoms with E-state index in [1.165, 1.54) is 70.6 Å². The molecule has 0 aromatic rings. The van der Waals surface area contributed by atoms with Crippen LogP contribution in [0.2, 0.25) is 0 Å². The molecule has 0 bridgehead atoms. The molecule has 0 aromatic heterocycles. The molecule has 6 fully saturated rings. The van der Waals surface area contributed by atoms with E-state index in [2.05, 4.69) is 48.5 Å². The molecule has 0 spiro atoms. The summed E-state index contributed by atoms with van der Waals surface area (Å²) in [6, 6.07) is -1.20. The molecule has 290 valence electrons. The van der Waals surface area contributed by atoms with Gasteiger partial charge in [0.1, 0.15) is 36.1 Å². The van der Waals surface area contributed by atoms with Crippen molar-refractivity contribution >= 4 is 0 Å². The molecule has 0 aromatic carbocycles. The predicted octanol–water partition coefficient (Wildman–Crippen LogP) is 4.15. The maximum Gasteiger partial charge on any atom is 0.144 e. The van der Waals surface area contributed by atoms with Crippen LogP contribution in [0.3, 0.4) is 0 Å². The number of fused-ring (bicyclic) bond motifs is 7. The normalized spacial score (nSPS) is 52.3. The van der Waals surface area contributed by atoms with Crippen LogP contribution in [0.4, 0.5) is 0 Å². The van der Waals surface area contributed by atoms with Crippen LogP contribution in [0.15, 0.2) is 0 Å². The minimum absolute atomic E-state index is 0.327. The van der Waals surface area contributed by atoms with Gasteiger partial charge in [0.25, 0.3) is 0 Å². The van der Waals surface area contributed by atoms with Crippen molar-refractivity contribution in [1.82, 2.24) is 0 Å². The van der Waals surface area contributed by atoms with Gasteiger partial charge in [-0.15, -0.1) is 0 Å². The van der Waals surface area contributed by atoms with E-state index in [4.69, 9.17) is 10.5 Å². The van der Waals surface area contributed by atoms with Crippen molar-refractivity contribution < 1.29 is 40.5 Å². The number of ether oxygens (including phenoxy) is 1. The third kappa shape index (κ3) is 5.72. The van der Waals surface area contributed by atoms with Crippen molar-refractivity contribution in [1.29, 1.82) is 0 Å². The van der Waals surface area contributed by atoms with E-state index in [-0.39, 0.29) is 0 Å². The quantitative estimate of drug-likeness (QED) is 0.166. The molecule has 0 aliphatic heterocycles. The molecular formula is C41H73NO8. The first-order chi connectivity index (χ1) is 23.2. The smallest absolute Gasteiger partial charge is 0.144 e. The van der Waals surface area contributed by atoms with Crippen LogP contribution in [0.1, 0.15) is 132 Å². The lowest BCUT2D eigenvalue weighted by Crippen LogP contribution is -2.65. The van der Waals surface area contributed by atoms with Crippen LogP contribution in [-0.2, 0) is 4.74 Å². The van der Waals surface area contributed by atoms with E-state index in [9.17, 15) is 35.7 Å². The highest BCUT2D eigenvalue weighted by molar-refractivity contribution is 5.19. The molecule has 0 saturated heterocycles. The lowest BCUT2D eigenvalue weighted by atomic mass is 9.32. The molecule has 9 unspecified atom stereocenters. The molecule has 9 N–H and O–H groups in total. The molecule has 9 nitrogen and oxygen atoms in total. The van der Waals surface area contributed by atoms with Gasteiger partial charge in [-0.1, -0.05) is 54.9 Å². The van der Waals surface area contributed by atoms with E-state index < -0.39 is 61.5 Å². The first-order valence-corrected chi connectivity index (χ1v) is 20.3. The average Bonchev–Trinajstić information content (AvgIpc) is 3.49. The molecule has 0 amide bonds. The Kier molecular flexibility index (Phi) is 10.6. The number of aliphatic hydroxyl groups excluding tert-OH is 6. The second kappa shape index (κ2) is 13.4. The van der Waals surface area contributed by atoms with Crippen molar-refractivity contribution in [3.63, 3.8) is 0 Å². The Morgan fingerprint density at radius 1 is 0.740 bits per heavy atom. The van der Waals surface area contributed by atoms with Crippen LogP contribution in [-0.4, -0.2) is 97.2 Å². The van der Waals surface area contributed by atoms with Gasteiger partial charge in [0.15, 0.2) is 0 Å². The highest BCUT2D eigenvalue weighted by Crippen LogP contribution is 2.78. The molecule has 50 heavy (non-hydrogen) atoms. The fourth-order valence-electron chi connectivity index (χ4n) is 15.0. The third-order valence-electron chi connectivity index (χ3n) is 18.0. The Morgan fingerprint density at radius 3 is 2.00 bits per heavy atom. The summed E-state index contributed by atoms with van der Waals surface area (Å²) in [7, 11) is 0. The number of aliphatic hydroxyl groups is 7. The number of nitrogens with two attached hydrogens (primary N) is 1. The van der Waals surface area contributed by atoms with Gasteiger partial charge < -0.3 is 46.2 Å². The fraction of sp³-hybridized carbons (Fsp3) is 1.00. The standard InChI is InChI=1S/C41H73NO8/c1-23(9-10-26(44)32(46)27(45)21-50-35-31(42)33(47)34(48)41(35,49)22-43)24-13-18-37(4)25(24)14-19-39(6)29(37)11-12-30-38(5)17-8-16-36(2,3)28(38)15-20-40(30,39)7/h23-35,43-49H,8-22,42H2,1-7H3/t23-,24?,25?,26+,27-,28?,29?,30?,31?,32?,33+,34?,35?,37-,38-,39+,40+,41-/m0/s1. The molecule has 6 aliphatic rings. The zero-order chi connectivity index (χ0) is 36.8. The second-order valence-corrected chi connectivity index (χ2v) is 20.4. The van der Waals surface area contributed by atoms with Gasteiger partial charge in [-0.2, -0.15) is 0 Å². The molecule has 6 aliphatic carbocycles. The van der Waals surface area contributed by atoms with Gasteiger partial charge in [-0.05, 0) is 140 Å². The summed E-state index contributed by atoms with van der Waals surface area (Å²) < 4.78 is 5.53. The molecule has 0 heterocycles. The Labute approximate surface area is 301 Å². The maximum absolute atomic E-state index is 10.9. The lowest BCUT2D eigenvalue weighted by molar-refractivity contribution is -0.241. The van der Waals surface area contributed by atoms with Gasteiger partial charge in [0.2, 0.25) is 0 Å². The van der Waals surface area contributed by atoms with Crippen LogP contribution >= 0.6 is 0 Å². The summed E-state index contributed by atoms with van der Waals surface area (Å²) in [5, 5.41) is 72.9.